The molecule has 200 valence electrons. The summed E-state index contributed by atoms with van der Waals surface area (Å²) in [4.78, 5) is 62.1. The number of hydrogen-bond donors (Lipinski definition) is 7. The summed E-state index contributed by atoms with van der Waals surface area (Å²) in [7, 11) is 1.53. The molecule has 0 bridgehead atoms. The van der Waals surface area contributed by atoms with Crippen LogP contribution in [0.15, 0.2) is 4.99 Å². The second kappa shape index (κ2) is 18.9. The van der Waals surface area contributed by atoms with E-state index < -0.39 is 54.7 Å². The van der Waals surface area contributed by atoms with Gasteiger partial charge in [0, 0.05) is 13.7 Å². The van der Waals surface area contributed by atoms with E-state index in [2.05, 4.69) is 15.6 Å². The number of nitrogens with two attached hydrogens (primary N) is 2. The Kier molecular flexibility index (Phi) is 17.0. The number of carbonyl (C=O) groups excluding carboxylic acids is 3. The van der Waals surface area contributed by atoms with E-state index in [1.807, 2.05) is 5.32 Å². The number of nitrogens with one attached hydrogen (secondary N) is 3. The average Bonchev–Trinajstić information content (AvgIpc) is 2.77. The van der Waals surface area contributed by atoms with Crippen molar-refractivity contribution >= 4 is 35.6 Å². The van der Waals surface area contributed by atoms with Gasteiger partial charge in [0.1, 0.15) is 18.7 Å². The lowest BCUT2D eigenvalue weighted by atomic mass is 10.1. The number of hydrogen-bond acceptors (Lipinski definition) is 9. The summed E-state index contributed by atoms with van der Waals surface area (Å²) < 4.78 is 15.2. The zero-order chi connectivity index (χ0) is 26.6. The summed E-state index contributed by atoms with van der Waals surface area (Å²) in [6.07, 6.45) is -0.404. The quantitative estimate of drug-likeness (QED) is 0.0479. The van der Waals surface area contributed by atoms with Crippen LogP contribution >= 0.6 is 0 Å². The highest BCUT2D eigenvalue weighted by molar-refractivity contribution is 5.92. The van der Waals surface area contributed by atoms with Crippen LogP contribution in [0.3, 0.4) is 0 Å². The Morgan fingerprint density at radius 1 is 0.914 bits per heavy atom. The van der Waals surface area contributed by atoms with Crippen LogP contribution in [0.5, 0.6) is 0 Å². The van der Waals surface area contributed by atoms with E-state index in [9.17, 15) is 24.0 Å². The molecule has 0 saturated heterocycles. The zero-order valence-electron chi connectivity index (χ0n) is 19.5. The molecule has 0 aromatic rings. The van der Waals surface area contributed by atoms with Crippen molar-refractivity contribution in [2.75, 3.05) is 53.2 Å². The van der Waals surface area contributed by atoms with Gasteiger partial charge in [0.15, 0.2) is 5.96 Å². The molecule has 0 radical (unpaired) electrons. The van der Waals surface area contributed by atoms with Crippen molar-refractivity contribution in [1.29, 1.82) is 0 Å². The van der Waals surface area contributed by atoms with E-state index >= 15 is 0 Å². The molecule has 0 rings (SSSR count). The smallest absolute Gasteiger partial charge is 0.326 e. The maximum absolute atomic E-state index is 12.5. The second-order valence-corrected chi connectivity index (χ2v) is 7.00. The number of carboxylic acid groups (broad SMARTS) is 2. The molecule has 0 spiro atoms. The minimum atomic E-state index is -1.66. The Hall–Kier alpha value is -3.50. The van der Waals surface area contributed by atoms with Gasteiger partial charge >= 0.3 is 11.9 Å². The molecule has 0 fully saturated rings. The van der Waals surface area contributed by atoms with Crippen LogP contribution in [0.25, 0.3) is 0 Å². The molecule has 0 aliphatic rings. The van der Waals surface area contributed by atoms with E-state index in [0.717, 1.165) is 0 Å². The lowest BCUT2D eigenvalue weighted by Gasteiger charge is -2.19. The molecule has 16 heteroatoms. The molecule has 0 aromatic heterocycles. The fourth-order valence-corrected chi connectivity index (χ4v) is 2.45. The van der Waals surface area contributed by atoms with E-state index in [4.69, 9.17) is 35.9 Å². The van der Waals surface area contributed by atoms with E-state index in [1.54, 1.807) is 0 Å². The number of guanidine groups is 1. The normalized spacial score (nSPS) is 12.1. The predicted molar refractivity (Wildman–Crippen MR) is 120 cm³/mol. The standard InChI is InChI=1S/C19H34N6O10/c1-33-5-6-34-7-8-35-11-15(27)24-12(3-2-4-22-19(20)21)17(30)23-10-14(26)25-13(18(31)32)9-16(28)29/h12-13H,2-11H2,1H3,(H,23,30)(H,24,27)(H,25,26)(H,28,29)(H,31,32)(H4,20,21,22)/t12-,13-/m0/s1. The first kappa shape index (κ1) is 31.5. The summed E-state index contributed by atoms with van der Waals surface area (Å²) in [6.45, 7) is 0.381. The summed E-state index contributed by atoms with van der Waals surface area (Å²) >= 11 is 0. The van der Waals surface area contributed by atoms with Crippen molar-refractivity contribution in [1.82, 2.24) is 16.0 Å². The van der Waals surface area contributed by atoms with E-state index in [-0.39, 0.29) is 38.7 Å². The van der Waals surface area contributed by atoms with Crippen molar-refractivity contribution in [3.8, 4) is 0 Å². The van der Waals surface area contributed by atoms with Crippen molar-refractivity contribution in [3.63, 3.8) is 0 Å². The van der Waals surface area contributed by atoms with Crippen LogP contribution in [-0.4, -0.2) is 111 Å². The highest BCUT2D eigenvalue weighted by atomic mass is 16.5. The van der Waals surface area contributed by atoms with Crippen LogP contribution in [0.2, 0.25) is 0 Å². The van der Waals surface area contributed by atoms with Crippen molar-refractivity contribution in [2.24, 2.45) is 16.5 Å². The third-order valence-electron chi connectivity index (χ3n) is 4.07. The topological polar surface area (TPSA) is 254 Å². The minimum Gasteiger partial charge on any atom is -0.481 e. The molecule has 35 heavy (non-hydrogen) atoms. The van der Waals surface area contributed by atoms with Gasteiger partial charge in [-0.15, -0.1) is 0 Å². The Bertz CT molecular complexity index is 729. The van der Waals surface area contributed by atoms with E-state index in [0.29, 0.717) is 19.6 Å². The molecular formula is C19H34N6O10. The van der Waals surface area contributed by atoms with Gasteiger partial charge in [-0.05, 0) is 12.8 Å². The maximum Gasteiger partial charge on any atom is 0.326 e. The van der Waals surface area contributed by atoms with Gasteiger partial charge in [-0.1, -0.05) is 0 Å². The molecule has 2 atom stereocenters. The van der Waals surface area contributed by atoms with Gasteiger partial charge in [-0.3, -0.25) is 24.2 Å². The lowest BCUT2D eigenvalue weighted by Crippen LogP contribution is -2.51. The maximum atomic E-state index is 12.5. The SMILES string of the molecule is COCCOCCOCC(=O)N[C@@H](CCCN=C(N)N)C(=O)NCC(=O)N[C@@H](CC(=O)O)C(=O)O. The van der Waals surface area contributed by atoms with Crippen LogP contribution in [0.4, 0.5) is 0 Å². The highest BCUT2D eigenvalue weighted by Gasteiger charge is 2.25. The number of methoxy groups -OCH3 is 1. The Morgan fingerprint density at radius 3 is 2.14 bits per heavy atom. The van der Waals surface area contributed by atoms with Crippen LogP contribution in [0, 0.1) is 0 Å². The zero-order valence-corrected chi connectivity index (χ0v) is 19.5. The average molecular weight is 507 g/mol. The molecule has 0 aliphatic heterocycles. The number of ether oxygens (including phenoxy) is 3. The van der Waals surface area contributed by atoms with Gasteiger partial charge in [-0.2, -0.15) is 0 Å². The molecule has 0 heterocycles. The van der Waals surface area contributed by atoms with Crippen LogP contribution < -0.4 is 27.4 Å². The number of nitrogens with zero attached hydrogens (tertiary/aromatic N) is 1. The van der Waals surface area contributed by atoms with Crippen molar-refractivity contribution in [2.45, 2.75) is 31.3 Å². The largest absolute Gasteiger partial charge is 0.481 e. The number of aliphatic carboxylic acids is 2. The first-order chi connectivity index (χ1) is 16.6. The third-order valence-corrected chi connectivity index (χ3v) is 4.07. The Labute approximate surface area is 201 Å². The number of aliphatic imine (C=N–C) groups is 1. The minimum absolute atomic E-state index is 0.118. The molecule has 16 nitrogen and oxygen atoms in total. The molecular weight excluding hydrogens is 472 g/mol. The van der Waals surface area contributed by atoms with Gasteiger partial charge in [-0.25, -0.2) is 4.79 Å². The summed E-state index contributed by atoms with van der Waals surface area (Å²) in [5, 5.41) is 24.4. The lowest BCUT2D eigenvalue weighted by molar-refractivity contribution is -0.147. The molecule has 0 aliphatic carbocycles. The van der Waals surface area contributed by atoms with Crippen LogP contribution in [-0.2, 0) is 38.2 Å². The fraction of sp³-hybridized carbons (Fsp3) is 0.684. The van der Waals surface area contributed by atoms with Crippen LogP contribution in [0.1, 0.15) is 19.3 Å². The molecule has 9 N–H and O–H groups in total. The molecule has 3 amide bonds. The first-order valence-electron chi connectivity index (χ1n) is 10.6. The Balaban J connectivity index is 4.73. The number of amides is 3. The summed E-state index contributed by atoms with van der Waals surface area (Å²) in [5.41, 5.74) is 10.5. The summed E-state index contributed by atoms with van der Waals surface area (Å²) in [6, 6.07) is -2.73. The Morgan fingerprint density at radius 2 is 1.54 bits per heavy atom. The molecule has 0 unspecified atom stereocenters. The second-order valence-electron chi connectivity index (χ2n) is 7.00. The highest BCUT2D eigenvalue weighted by Crippen LogP contribution is 2.00. The van der Waals surface area contributed by atoms with Crippen molar-refractivity contribution < 1.29 is 48.4 Å². The molecule has 0 aromatic carbocycles. The van der Waals surface area contributed by atoms with Gasteiger partial charge in [0.05, 0.1) is 39.4 Å². The number of carboxylic acids is 2. The number of rotatable bonds is 20. The van der Waals surface area contributed by atoms with Crippen molar-refractivity contribution in [3.05, 3.63) is 0 Å². The monoisotopic (exact) mass is 506 g/mol. The molecule has 0 saturated carbocycles. The first-order valence-corrected chi connectivity index (χ1v) is 10.6. The predicted octanol–water partition coefficient (Wildman–Crippen LogP) is -3.64. The third kappa shape index (κ3) is 17.6. The summed E-state index contributed by atoms with van der Waals surface area (Å²) in [5.74, 6) is -5.35. The number of carbonyl (C=O) groups is 5. The van der Waals surface area contributed by atoms with E-state index in [1.165, 1.54) is 7.11 Å². The van der Waals surface area contributed by atoms with Gasteiger partial charge in [0.25, 0.3) is 0 Å². The fourth-order valence-electron chi connectivity index (χ4n) is 2.45. The van der Waals surface area contributed by atoms with Gasteiger partial charge < -0.3 is 51.8 Å². The van der Waals surface area contributed by atoms with Gasteiger partial charge in [0.2, 0.25) is 17.7 Å².